The Balaban J connectivity index is 1.47. The molecule has 0 N–H and O–H groups in total. The fraction of sp³-hybridized carbons (Fsp3) is 0.417. The molecule has 1 atom stereocenters. The van der Waals surface area contributed by atoms with Crippen molar-refractivity contribution < 1.29 is 9.53 Å². The maximum absolute atomic E-state index is 10.6. The predicted octanol–water partition coefficient (Wildman–Crippen LogP) is 4.59. The van der Waals surface area contributed by atoms with Crippen LogP contribution in [-0.2, 0) is 11.3 Å². The highest BCUT2D eigenvalue weighted by atomic mass is 32.1. The van der Waals surface area contributed by atoms with Crippen LogP contribution in [0.15, 0.2) is 36.4 Å². The van der Waals surface area contributed by atoms with E-state index in [-0.39, 0.29) is 6.61 Å². The Kier molecular flexibility index (Phi) is 6.35. The fourth-order valence-electron chi connectivity index (χ4n) is 4.18. The summed E-state index contributed by atoms with van der Waals surface area (Å²) in [6.45, 7) is 10.4. The average Bonchev–Trinajstić information content (AvgIpc) is 3.15. The number of carbonyl (C=O) groups excluding carboxylic acids is 1. The van der Waals surface area contributed by atoms with Gasteiger partial charge in [-0.1, -0.05) is 30.4 Å². The van der Waals surface area contributed by atoms with Crippen molar-refractivity contribution in [1.82, 2.24) is 9.88 Å². The lowest BCUT2D eigenvalue weighted by molar-refractivity contribution is -0.109. The molecule has 2 heterocycles. The quantitative estimate of drug-likeness (QED) is 0.520. The second kappa shape index (κ2) is 9.14. The average molecular weight is 424 g/mol. The summed E-state index contributed by atoms with van der Waals surface area (Å²) in [5.41, 5.74) is 4.77. The second-order valence-electron chi connectivity index (χ2n) is 8.08. The molecule has 0 radical (unpaired) electrons. The van der Waals surface area contributed by atoms with Crippen molar-refractivity contribution in [2.75, 3.05) is 31.1 Å². The van der Waals surface area contributed by atoms with Crippen molar-refractivity contribution in [3.05, 3.63) is 53.1 Å². The first-order valence-electron chi connectivity index (χ1n) is 10.6. The Hall–Kier alpha value is -2.44. The Bertz CT molecular complexity index is 1030. The molecule has 1 aliphatic heterocycles. The van der Waals surface area contributed by atoms with E-state index in [0.29, 0.717) is 6.04 Å². The minimum Gasteiger partial charge on any atom is -0.486 e. The fourth-order valence-corrected chi connectivity index (χ4v) is 5.28. The predicted molar refractivity (Wildman–Crippen MR) is 124 cm³/mol. The van der Waals surface area contributed by atoms with Crippen LogP contribution < -0.4 is 9.64 Å². The van der Waals surface area contributed by atoms with Crippen LogP contribution in [0.2, 0.25) is 0 Å². The van der Waals surface area contributed by atoms with Crippen LogP contribution in [0.5, 0.6) is 5.75 Å². The van der Waals surface area contributed by atoms with Crippen molar-refractivity contribution in [3.8, 4) is 5.75 Å². The van der Waals surface area contributed by atoms with Crippen LogP contribution in [0.25, 0.3) is 10.2 Å². The van der Waals surface area contributed by atoms with E-state index in [1.54, 1.807) is 11.3 Å². The first kappa shape index (κ1) is 20.8. The van der Waals surface area contributed by atoms with Gasteiger partial charge < -0.3 is 9.64 Å². The number of aromatic nitrogens is 1. The SMILES string of the molecule is CC[C@@H]1CN(c2nc3ccc(C)cc3s2)CCN1Cc1cc(C)cc(OCC=O)c1. The van der Waals surface area contributed by atoms with Gasteiger partial charge in [-0.15, -0.1) is 0 Å². The molecule has 0 saturated carbocycles. The summed E-state index contributed by atoms with van der Waals surface area (Å²) < 4.78 is 6.80. The number of ether oxygens (including phenoxy) is 1. The zero-order valence-electron chi connectivity index (χ0n) is 17.9. The van der Waals surface area contributed by atoms with Gasteiger partial charge in [0.1, 0.15) is 12.4 Å². The molecule has 5 nitrogen and oxygen atoms in total. The van der Waals surface area contributed by atoms with E-state index in [2.05, 4.69) is 60.9 Å². The molecule has 1 aromatic heterocycles. The van der Waals surface area contributed by atoms with Crippen LogP contribution in [0.3, 0.4) is 0 Å². The molecule has 2 aromatic carbocycles. The van der Waals surface area contributed by atoms with Gasteiger partial charge in [-0.2, -0.15) is 0 Å². The molecule has 0 aliphatic carbocycles. The molecule has 4 rings (SSSR count). The lowest BCUT2D eigenvalue weighted by Gasteiger charge is -2.41. The van der Waals surface area contributed by atoms with Gasteiger partial charge in [-0.25, -0.2) is 4.98 Å². The number of rotatable bonds is 7. The van der Waals surface area contributed by atoms with E-state index in [4.69, 9.17) is 9.72 Å². The summed E-state index contributed by atoms with van der Waals surface area (Å²) in [6, 6.07) is 13.2. The van der Waals surface area contributed by atoms with Crippen molar-refractivity contribution >= 4 is 33.0 Å². The second-order valence-corrected chi connectivity index (χ2v) is 9.09. The van der Waals surface area contributed by atoms with E-state index < -0.39 is 0 Å². The molecular formula is C24H29N3O2S. The molecule has 0 amide bonds. The van der Waals surface area contributed by atoms with Crippen LogP contribution in [0.4, 0.5) is 5.13 Å². The summed E-state index contributed by atoms with van der Waals surface area (Å²) in [5.74, 6) is 0.772. The number of carbonyl (C=O) groups is 1. The number of benzene rings is 2. The molecule has 0 bridgehead atoms. The van der Waals surface area contributed by atoms with Crippen LogP contribution in [0.1, 0.15) is 30.0 Å². The lowest BCUT2D eigenvalue weighted by Crippen LogP contribution is -2.52. The normalized spacial score (nSPS) is 17.4. The van der Waals surface area contributed by atoms with Gasteiger partial charge in [0.05, 0.1) is 10.2 Å². The highest BCUT2D eigenvalue weighted by Gasteiger charge is 2.27. The monoisotopic (exact) mass is 423 g/mol. The standard InChI is InChI=1S/C24H29N3O2S/c1-4-20-16-27(24-25-22-6-5-17(2)13-23(22)30-24)8-7-26(20)15-19-11-18(3)12-21(14-19)29-10-9-28/h5-6,9,11-14,20H,4,7-8,10,15-16H2,1-3H3/t20-/m1/s1. The molecule has 3 aromatic rings. The molecule has 1 fully saturated rings. The van der Waals surface area contributed by atoms with Crippen molar-refractivity contribution in [1.29, 1.82) is 0 Å². The molecule has 30 heavy (non-hydrogen) atoms. The minimum atomic E-state index is 0.0981. The number of anilines is 1. The van der Waals surface area contributed by atoms with Crippen LogP contribution in [-0.4, -0.2) is 48.5 Å². The van der Waals surface area contributed by atoms with Crippen molar-refractivity contribution in [2.45, 2.75) is 39.8 Å². The molecule has 0 spiro atoms. The number of thiazole rings is 1. The summed E-state index contributed by atoms with van der Waals surface area (Å²) in [6.07, 6.45) is 1.89. The summed E-state index contributed by atoms with van der Waals surface area (Å²) in [4.78, 5) is 20.5. The van der Waals surface area contributed by atoms with Gasteiger partial charge in [0.25, 0.3) is 0 Å². The van der Waals surface area contributed by atoms with Gasteiger partial charge in [0.15, 0.2) is 11.4 Å². The Labute approximate surface area is 182 Å². The molecular weight excluding hydrogens is 394 g/mol. The number of aryl methyl sites for hydroxylation is 2. The minimum absolute atomic E-state index is 0.0981. The Morgan fingerprint density at radius 2 is 2.03 bits per heavy atom. The highest BCUT2D eigenvalue weighted by molar-refractivity contribution is 7.22. The molecule has 1 saturated heterocycles. The topological polar surface area (TPSA) is 45.7 Å². The van der Waals surface area contributed by atoms with Gasteiger partial charge >= 0.3 is 0 Å². The third-order valence-electron chi connectivity index (χ3n) is 5.69. The first-order chi connectivity index (χ1) is 14.6. The summed E-state index contributed by atoms with van der Waals surface area (Å²) in [7, 11) is 0. The maximum Gasteiger partial charge on any atom is 0.186 e. The zero-order valence-corrected chi connectivity index (χ0v) is 18.7. The van der Waals surface area contributed by atoms with Gasteiger partial charge in [0.2, 0.25) is 0 Å². The first-order valence-corrected chi connectivity index (χ1v) is 11.4. The molecule has 0 unspecified atom stereocenters. The number of fused-ring (bicyclic) bond motifs is 1. The number of hydrogen-bond donors (Lipinski definition) is 0. The number of hydrogen-bond acceptors (Lipinski definition) is 6. The maximum atomic E-state index is 10.6. The number of aldehydes is 1. The number of piperazine rings is 1. The Morgan fingerprint density at radius 3 is 2.83 bits per heavy atom. The molecule has 1 aliphatic rings. The summed E-state index contributed by atoms with van der Waals surface area (Å²) in [5, 5.41) is 1.13. The Morgan fingerprint density at radius 1 is 1.17 bits per heavy atom. The van der Waals surface area contributed by atoms with Crippen molar-refractivity contribution in [2.24, 2.45) is 0 Å². The smallest absolute Gasteiger partial charge is 0.186 e. The van der Waals surface area contributed by atoms with Gasteiger partial charge in [-0.05, 0) is 61.2 Å². The van der Waals surface area contributed by atoms with E-state index in [1.165, 1.54) is 15.8 Å². The van der Waals surface area contributed by atoms with Gasteiger partial charge in [-0.3, -0.25) is 9.69 Å². The van der Waals surface area contributed by atoms with Crippen molar-refractivity contribution in [3.63, 3.8) is 0 Å². The largest absolute Gasteiger partial charge is 0.486 e. The number of nitrogens with zero attached hydrogens (tertiary/aromatic N) is 3. The third kappa shape index (κ3) is 4.65. The van der Waals surface area contributed by atoms with Crippen LogP contribution >= 0.6 is 11.3 Å². The molecule has 158 valence electrons. The van der Waals surface area contributed by atoms with Gasteiger partial charge in [0, 0.05) is 32.2 Å². The van der Waals surface area contributed by atoms with Crippen LogP contribution in [0, 0.1) is 13.8 Å². The van der Waals surface area contributed by atoms with E-state index in [1.807, 2.05) is 6.07 Å². The van der Waals surface area contributed by atoms with E-state index >= 15 is 0 Å². The molecule has 6 heteroatoms. The van der Waals surface area contributed by atoms with E-state index in [0.717, 1.165) is 60.8 Å². The van der Waals surface area contributed by atoms with E-state index in [9.17, 15) is 4.79 Å². The highest BCUT2D eigenvalue weighted by Crippen LogP contribution is 2.31. The third-order valence-corrected chi connectivity index (χ3v) is 6.77. The zero-order chi connectivity index (χ0) is 21.1. The lowest BCUT2D eigenvalue weighted by atomic mass is 10.1. The summed E-state index contributed by atoms with van der Waals surface area (Å²) >= 11 is 1.80.